The van der Waals surface area contributed by atoms with Crippen LogP contribution >= 0.6 is 0 Å². The summed E-state index contributed by atoms with van der Waals surface area (Å²) in [6.45, 7) is 6.78. The first kappa shape index (κ1) is 12.4. The minimum absolute atomic E-state index is 0.126. The number of H-pyrrole nitrogens is 2. The maximum absolute atomic E-state index is 11.7. The average Bonchev–Trinajstić information content (AvgIpc) is 2.83. The third-order valence-corrected chi connectivity index (χ3v) is 3.71. The highest BCUT2D eigenvalue weighted by Gasteiger charge is 2.23. The van der Waals surface area contributed by atoms with Crippen LogP contribution in [0.15, 0.2) is 17.2 Å². The van der Waals surface area contributed by atoms with E-state index in [1.165, 1.54) is 6.33 Å². The van der Waals surface area contributed by atoms with Gasteiger partial charge in [0.1, 0.15) is 5.52 Å². The van der Waals surface area contributed by atoms with Crippen LogP contribution in [0.2, 0.25) is 0 Å². The van der Waals surface area contributed by atoms with E-state index in [1.54, 1.807) is 0 Å². The quantitative estimate of drug-likeness (QED) is 0.848. The minimum Gasteiger partial charge on any atom is -0.376 e. The van der Waals surface area contributed by atoms with Crippen LogP contribution in [0.1, 0.15) is 25.6 Å². The molecule has 1 fully saturated rings. The summed E-state index contributed by atoms with van der Waals surface area (Å²) in [6, 6.07) is 2.18. The molecule has 1 saturated heterocycles. The second-order valence-electron chi connectivity index (χ2n) is 5.07. The van der Waals surface area contributed by atoms with Gasteiger partial charge < -0.3 is 14.7 Å². The van der Waals surface area contributed by atoms with Crippen LogP contribution in [-0.4, -0.2) is 45.7 Å². The number of nitrogens with one attached hydrogen (secondary N) is 2. The lowest BCUT2D eigenvalue weighted by Gasteiger charge is -2.35. The van der Waals surface area contributed by atoms with E-state index in [0.29, 0.717) is 11.0 Å². The molecule has 2 atom stereocenters. The Bertz CT molecular complexity index is 633. The van der Waals surface area contributed by atoms with Crippen molar-refractivity contribution in [3.05, 3.63) is 28.4 Å². The van der Waals surface area contributed by atoms with Crippen molar-refractivity contribution in [2.75, 3.05) is 19.7 Å². The molecule has 2 aromatic rings. The van der Waals surface area contributed by atoms with Crippen LogP contribution in [0.5, 0.6) is 0 Å². The van der Waals surface area contributed by atoms with Gasteiger partial charge in [-0.25, -0.2) is 4.98 Å². The van der Waals surface area contributed by atoms with Gasteiger partial charge >= 0.3 is 0 Å². The predicted molar refractivity (Wildman–Crippen MR) is 72.1 cm³/mol. The van der Waals surface area contributed by atoms with E-state index in [4.69, 9.17) is 4.74 Å². The highest BCUT2D eigenvalue weighted by Crippen LogP contribution is 2.23. The van der Waals surface area contributed by atoms with Crippen molar-refractivity contribution in [1.82, 2.24) is 19.9 Å². The Morgan fingerprint density at radius 1 is 1.58 bits per heavy atom. The fraction of sp³-hybridized carbons (Fsp3) is 0.538. The van der Waals surface area contributed by atoms with Gasteiger partial charge in [-0.1, -0.05) is 0 Å². The SMILES string of the molecule is CC(c1cc2nc[nH]c(=O)c2[nH]1)N1CCO[C@H](C)C1. The number of morpholine rings is 1. The summed E-state index contributed by atoms with van der Waals surface area (Å²) in [4.78, 5) is 24.0. The van der Waals surface area contributed by atoms with Crippen molar-refractivity contribution < 1.29 is 4.74 Å². The van der Waals surface area contributed by atoms with E-state index in [9.17, 15) is 4.79 Å². The van der Waals surface area contributed by atoms with Crippen molar-refractivity contribution >= 4 is 11.0 Å². The molecule has 2 aromatic heterocycles. The lowest BCUT2D eigenvalue weighted by molar-refractivity contribution is -0.0324. The Labute approximate surface area is 110 Å². The van der Waals surface area contributed by atoms with Crippen LogP contribution in [0.4, 0.5) is 0 Å². The molecule has 0 radical (unpaired) electrons. The summed E-state index contributed by atoms with van der Waals surface area (Å²) >= 11 is 0. The molecule has 1 aliphatic rings. The molecule has 102 valence electrons. The van der Waals surface area contributed by atoms with Gasteiger partial charge in [0.05, 0.1) is 24.6 Å². The van der Waals surface area contributed by atoms with Crippen molar-refractivity contribution in [3.63, 3.8) is 0 Å². The molecule has 1 unspecified atom stereocenters. The van der Waals surface area contributed by atoms with Gasteiger partial charge in [-0.15, -0.1) is 0 Å². The molecule has 1 aliphatic heterocycles. The second kappa shape index (κ2) is 4.79. The largest absolute Gasteiger partial charge is 0.376 e. The smallest absolute Gasteiger partial charge is 0.275 e. The number of hydrogen-bond donors (Lipinski definition) is 2. The topological polar surface area (TPSA) is 74.0 Å². The lowest BCUT2D eigenvalue weighted by Crippen LogP contribution is -2.42. The molecule has 0 aliphatic carbocycles. The standard InChI is InChI=1S/C13H18N4O2/c1-8-6-17(3-4-19-8)9(2)10-5-11-12(16-10)13(18)15-7-14-11/h5,7-9,16H,3-4,6H2,1-2H3,(H,14,15,18)/t8-,9?/m1/s1. The van der Waals surface area contributed by atoms with E-state index in [1.807, 2.05) is 6.07 Å². The zero-order chi connectivity index (χ0) is 13.4. The number of ether oxygens (including phenoxy) is 1. The molecule has 0 amide bonds. The molecule has 6 heteroatoms. The van der Waals surface area contributed by atoms with Gasteiger partial charge in [0.15, 0.2) is 0 Å². The summed E-state index contributed by atoms with van der Waals surface area (Å²) in [6.07, 6.45) is 1.69. The van der Waals surface area contributed by atoms with E-state index in [2.05, 4.69) is 33.7 Å². The van der Waals surface area contributed by atoms with Gasteiger partial charge in [-0.05, 0) is 19.9 Å². The van der Waals surface area contributed by atoms with Crippen LogP contribution in [-0.2, 0) is 4.74 Å². The normalized spacial score (nSPS) is 22.7. The number of fused-ring (bicyclic) bond motifs is 1. The molecule has 0 aromatic carbocycles. The molecular weight excluding hydrogens is 244 g/mol. The van der Waals surface area contributed by atoms with Gasteiger partial charge in [0.25, 0.3) is 5.56 Å². The highest BCUT2D eigenvalue weighted by atomic mass is 16.5. The van der Waals surface area contributed by atoms with Crippen molar-refractivity contribution in [2.24, 2.45) is 0 Å². The Balaban J connectivity index is 1.91. The minimum atomic E-state index is -0.126. The van der Waals surface area contributed by atoms with Crippen molar-refractivity contribution in [3.8, 4) is 0 Å². The molecule has 0 bridgehead atoms. The summed E-state index contributed by atoms with van der Waals surface area (Å²) in [5, 5.41) is 0. The fourth-order valence-electron chi connectivity index (χ4n) is 2.59. The Hall–Kier alpha value is -1.66. The number of aromatic amines is 2. The van der Waals surface area contributed by atoms with Gasteiger partial charge in [-0.2, -0.15) is 0 Å². The van der Waals surface area contributed by atoms with Crippen LogP contribution < -0.4 is 5.56 Å². The second-order valence-corrected chi connectivity index (χ2v) is 5.07. The molecule has 3 rings (SSSR count). The Kier molecular flexibility index (Phi) is 3.12. The van der Waals surface area contributed by atoms with Crippen LogP contribution in [0, 0.1) is 0 Å². The molecule has 0 spiro atoms. The van der Waals surface area contributed by atoms with Crippen LogP contribution in [0.3, 0.4) is 0 Å². The summed E-state index contributed by atoms with van der Waals surface area (Å²) in [7, 11) is 0. The molecule has 3 heterocycles. The first-order chi connectivity index (χ1) is 9.15. The maximum atomic E-state index is 11.7. The number of nitrogens with zero attached hydrogens (tertiary/aromatic N) is 2. The van der Waals surface area contributed by atoms with E-state index in [0.717, 1.165) is 25.4 Å². The summed E-state index contributed by atoms with van der Waals surface area (Å²) in [5.74, 6) is 0. The third-order valence-electron chi connectivity index (χ3n) is 3.71. The lowest BCUT2D eigenvalue weighted by atomic mass is 10.1. The molecular formula is C13H18N4O2. The predicted octanol–water partition coefficient (Wildman–Crippen LogP) is 1.03. The van der Waals surface area contributed by atoms with Gasteiger partial charge in [0, 0.05) is 24.8 Å². The zero-order valence-electron chi connectivity index (χ0n) is 11.1. The fourth-order valence-corrected chi connectivity index (χ4v) is 2.59. The summed E-state index contributed by atoms with van der Waals surface area (Å²) in [5.41, 5.74) is 2.16. The number of hydrogen-bond acceptors (Lipinski definition) is 4. The molecule has 0 saturated carbocycles. The van der Waals surface area contributed by atoms with Gasteiger partial charge in [0.2, 0.25) is 0 Å². The molecule has 6 nitrogen and oxygen atoms in total. The average molecular weight is 262 g/mol. The van der Waals surface area contributed by atoms with Crippen molar-refractivity contribution in [1.29, 1.82) is 0 Å². The third kappa shape index (κ3) is 2.29. The van der Waals surface area contributed by atoms with E-state index in [-0.39, 0.29) is 17.7 Å². The summed E-state index contributed by atoms with van der Waals surface area (Å²) < 4.78 is 5.55. The maximum Gasteiger partial charge on any atom is 0.275 e. The van der Waals surface area contributed by atoms with Crippen molar-refractivity contribution in [2.45, 2.75) is 26.0 Å². The highest BCUT2D eigenvalue weighted by molar-refractivity contribution is 5.74. The van der Waals surface area contributed by atoms with E-state index < -0.39 is 0 Å². The molecule has 19 heavy (non-hydrogen) atoms. The number of aromatic nitrogens is 3. The van der Waals surface area contributed by atoms with E-state index >= 15 is 0 Å². The molecule has 2 N–H and O–H groups in total. The number of rotatable bonds is 2. The Morgan fingerprint density at radius 3 is 3.16 bits per heavy atom. The first-order valence-corrected chi connectivity index (χ1v) is 6.57. The zero-order valence-corrected chi connectivity index (χ0v) is 11.1. The Morgan fingerprint density at radius 2 is 2.42 bits per heavy atom. The monoisotopic (exact) mass is 262 g/mol. The first-order valence-electron chi connectivity index (χ1n) is 6.57. The van der Waals surface area contributed by atoms with Gasteiger partial charge in [-0.3, -0.25) is 9.69 Å². The van der Waals surface area contributed by atoms with Crippen LogP contribution in [0.25, 0.3) is 11.0 Å².